The van der Waals surface area contributed by atoms with E-state index >= 15 is 0 Å². The highest BCUT2D eigenvalue weighted by Crippen LogP contribution is 2.28. The molecule has 0 unspecified atom stereocenters. The topological polar surface area (TPSA) is 40.5 Å². The van der Waals surface area contributed by atoms with Gasteiger partial charge >= 0.3 is 5.97 Å². The van der Waals surface area contributed by atoms with Crippen molar-refractivity contribution in [3.8, 4) is 0 Å². The van der Waals surface area contributed by atoms with Crippen LogP contribution in [0, 0.1) is 0 Å². The molecule has 0 bridgehead atoms. The minimum absolute atomic E-state index is 0. The molecule has 4 heteroatoms. The lowest BCUT2D eigenvalue weighted by Crippen LogP contribution is -2.24. The van der Waals surface area contributed by atoms with Crippen molar-refractivity contribution in [1.29, 1.82) is 0 Å². The number of anilines is 1. The monoisotopic (exact) mass is 239 g/mol. The minimum atomic E-state index is -0.831. The Hall–Kier alpha value is -1.48. The van der Waals surface area contributed by atoms with Crippen LogP contribution in [0.15, 0.2) is 36.0 Å². The first-order chi connectivity index (χ1) is 7.22. The Balaban J connectivity index is 0.00000128. The number of carboxylic acids is 1. The van der Waals surface area contributed by atoms with E-state index in [1.807, 2.05) is 36.1 Å². The molecule has 1 N–H and O–H groups in total. The number of halogens is 1. The third-order valence-corrected chi connectivity index (χ3v) is 2.61. The van der Waals surface area contributed by atoms with Gasteiger partial charge in [-0.1, -0.05) is 18.2 Å². The van der Waals surface area contributed by atoms with E-state index in [1.54, 1.807) is 6.20 Å². The predicted molar refractivity (Wildman–Crippen MR) is 66.1 cm³/mol. The summed E-state index contributed by atoms with van der Waals surface area (Å²) in [5.41, 5.74) is 2.65. The summed E-state index contributed by atoms with van der Waals surface area (Å²) in [6.07, 6.45) is 2.24. The van der Waals surface area contributed by atoms with Gasteiger partial charge in [0, 0.05) is 24.9 Å². The third-order valence-electron chi connectivity index (χ3n) is 2.61. The summed E-state index contributed by atoms with van der Waals surface area (Å²) in [5, 5.41) is 8.98. The molecule has 0 saturated heterocycles. The second-order valence-electron chi connectivity index (χ2n) is 3.55. The number of hydrogen-bond acceptors (Lipinski definition) is 2. The van der Waals surface area contributed by atoms with Crippen molar-refractivity contribution >= 4 is 24.1 Å². The Bertz CT molecular complexity index is 429. The van der Waals surface area contributed by atoms with Gasteiger partial charge in [-0.15, -0.1) is 12.4 Å². The van der Waals surface area contributed by atoms with Crippen LogP contribution in [0.4, 0.5) is 5.69 Å². The highest BCUT2D eigenvalue weighted by molar-refractivity contribution is 5.89. The Morgan fingerprint density at radius 2 is 2.12 bits per heavy atom. The summed E-state index contributed by atoms with van der Waals surface area (Å²) >= 11 is 0. The first kappa shape index (κ1) is 12.6. The van der Waals surface area contributed by atoms with Crippen LogP contribution in [0.5, 0.6) is 0 Å². The maximum Gasteiger partial charge on any atom is 0.333 e. The number of carbonyl (C=O) groups is 1. The zero-order valence-electron chi connectivity index (χ0n) is 9.01. The molecule has 0 saturated carbocycles. The van der Waals surface area contributed by atoms with Gasteiger partial charge in [-0.3, -0.25) is 0 Å². The van der Waals surface area contributed by atoms with Crippen molar-refractivity contribution in [1.82, 2.24) is 0 Å². The second kappa shape index (κ2) is 5.03. The number of benzene rings is 1. The number of rotatable bonds is 2. The number of fused-ring (bicyclic) bond motifs is 1. The van der Waals surface area contributed by atoms with Crippen molar-refractivity contribution in [2.24, 2.45) is 0 Å². The molecule has 2 rings (SSSR count). The van der Waals surface area contributed by atoms with E-state index < -0.39 is 5.97 Å². The normalized spacial score (nSPS) is 13.6. The summed E-state index contributed by atoms with van der Waals surface area (Å²) in [5.74, 6) is -0.831. The molecule has 1 aromatic rings. The second-order valence-corrected chi connectivity index (χ2v) is 3.55. The van der Waals surface area contributed by atoms with Gasteiger partial charge in [0.1, 0.15) is 0 Å². The highest BCUT2D eigenvalue weighted by Gasteiger charge is 2.19. The summed E-state index contributed by atoms with van der Waals surface area (Å²) in [6.45, 7) is 2.80. The largest absolute Gasteiger partial charge is 0.478 e. The summed E-state index contributed by atoms with van der Waals surface area (Å²) in [7, 11) is 0. The lowest BCUT2D eigenvalue weighted by atomic mass is 10.00. The molecule has 16 heavy (non-hydrogen) atoms. The standard InChI is InChI=1S/C12H13NO2.ClH/c1-2-13-8-10(12(14)15)7-9-5-3-4-6-11(9)13;/h3-6,8H,2,7H2,1H3,(H,14,15);1H. The van der Waals surface area contributed by atoms with Crippen LogP contribution in [0.1, 0.15) is 12.5 Å². The zero-order valence-corrected chi connectivity index (χ0v) is 9.83. The van der Waals surface area contributed by atoms with Crippen molar-refractivity contribution in [2.45, 2.75) is 13.3 Å². The Morgan fingerprint density at radius 1 is 1.44 bits per heavy atom. The van der Waals surface area contributed by atoms with Gasteiger partial charge in [-0.25, -0.2) is 4.79 Å². The third kappa shape index (κ3) is 2.19. The molecule has 0 aromatic heterocycles. The van der Waals surface area contributed by atoms with Gasteiger partial charge in [0.05, 0.1) is 5.57 Å². The molecule has 1 aliphatic heterocycles. The quantitative estimate of drug-likeness (QED) is 0.862. The molecule has 86 valence electrons. The molecular weight excluding hydrogens is 226 g/mol. The van der Waals surface area contributed by atoms with Crippen molar-refractivity contribution < 1.29 is 9.90 Å². The Labute approximate surface area is 101 Å². The fraction of sp³-hybridized carbons (Fsp3) is 0.250. The molecule has 3 nitrogen and oxygen atoms in total. The highest BCUT2D eigenvalue weighted by atomic mass is 35.5. The molecule has 1 aromatic carbocycles. The van der Waals surface area contributed by atoms with Crippen LogP contribution >= 0.6 is 12.4 Å². The molecule has 1 aliphatic rings. The van der Waals surface area contributed by atoms with E-state index in [2.05, 4.69) is 0 Å². The van der Waals surface area contributed by atoms with Gasteiger partial charge < -0.3 is 10.0 Å². The number of nitrogens with zero attached hydrogens (tertiary/aromatic N) is 1. The van der Waals surface area contributed by atoms with Gasteiger partial charge in [0.2, 0.25) is 0 Å². The minimum Gasteiger partial charge on any atom is -0.478 e. The smallest absolute Gasteiger partial charge is 0.333 e. The number of aliphatic carboxylic acids is 1. The SMILES string of the molecule is CCN1C=C(C(=O)O)Cc2ccccc21.Cl. The molecular formula is C12H14ClNO2. The van der Waals surface area contributed by atoms with Crippen molar-refractivity contribution in [3.63, 3.8) is 0 Å². The summed E-state index contributed by atoms with van der Waals surface area (Å²) in [6, 6.07) is 7.92. The van der Waals surface area contributed by atoms with Crippen LogP contribution in [0.2, 0.25) is 0 Å². The van der Waals surface area contributed by atoms with E-state index in [-0.39, 0.29) is 12.4 Å². The van der Waals surface area contributed by atoms with Crippen molar-refractivity contribution in [3.05, 3.63) is 41.6 Å². The molecule has 0 spiro atoms. The number of para-hydroxylation sites is 1. The van der Waals surface area contributed by atoms with Crippen LogP contribution in [-0.2, 0) is 11.2 Å². The number of carboxylic acid groups (broad SMARTS) is 1. The molecule has 0 atom stereocenters. The Kier molecular flexibility index (Phi) is 3.96. The predicted octanol–water partition coefficient (Wildman–Crippen LogP) is 2.46. The van der Waals surface area contributed by atoms with Crippen LogP contribution in [0.3, 0.4) is 0 Å². The molecule has 0 fully saturated rings. The maximum absolute atomic E-state index is 10.9. The fourth-order valence-electron chi connectivity index (χ4n) is 1.84. The van der Waals surface area contributed by atoms with Gasteiger partial charge in [0.25, 0.3) is 0 Å². The van der Waals surface area contributed by atoms with Crippen LogP contribution < -0.4 is 4.90 Å². The molecule has 1 heterocycles. The zero-order chi connectivity index (χ0) is 10.8. The van der Waals surface area contributed by atoms with Gasteiger partial charge in [-0.05, 0) is 18.6 Å². The average molecular weight is 240 g/mol. The lowest BCUT2D eigenvalue weighted by Gasteiger charge is -2.26. The first-order valence-electron chi connectivity index (χ1n) is 5.01. The average Bonchev–Trinajstić information content (AvgIpc) is 2.27. The summed E-state index contributed by atoms with van der Waals surface area (Å²) in [4.78, 5) is 12.9. The summed E-state index contributed by atoms with van der Waals surface area (Å²) < 4.78 is 0. The van der Waals surface area contributed by atoms with E-state index in [0.717, 1.165) is 17.8 Å². The molecule has 0 aliphatic carbocycles. The van der Waals surface area contributed by atoms with E-state index in [9.17, 15) is 4.79 Å². The maximum atomic E-state index is 10.9. The molecule has 0 amide bonds. The lowest BCUT2D eigenvalue weighted by molar-refractivity contribution is -0.132. The van der Waals surface area contributed by atoms with E-state index in [4.69, 9.17) is 5.11 Å². The first-order valence-corrected chi connectivity index (χ1v) is 5.01. The van der Waals surface area contributed by atoms with E-state index in [1.165, 1.54) is 0 Å². The fourth-order valence-corrected chi connectivity index (χ4v) is 1.84. The van der Waals surface area contributed by atoms with E-state index in [0.29, 0.717) is 12.0 Å². The molecule has 0 radical (unpaired) electrons. The van der Waals surface area contributed by atoms with Crippen LogP contribution in [-0.4, -0.2) is 17.6 Å². The Morgan fingerprint density at radius 3 is 2.75 bits per heavy atom. The van der Waals surface area contributed by atoms with Gasteiger partial charge in [-0.2, -0.15) is 0 Å². The van der Waals surface area contributed by atoms with Crippen molar-refractivity contribution in [2.75, 3.05) is 11.4 Å². The van der Waals surface area contributed by atoms with Gasteiger partial charge in [0.15, 0.2) is 0 Å². The number of hydrogen-bond donors (Lipinski definition) is 1. The van der Waals surface area contributed by atoms with Crippen LogP contribution in [0.25, 0.3) is 0 Å².